The number of likely N-dealkylation sites (tertiary alicyclic amines) is 1. The zero-order valence-electron chi connectivity index (χ0n) is 14.2. The molecule has 4 nitrogen and oxygen atoms in total. The van der Waals surface area contributed by atoms with E-state index < -0.39 is 0 Å². The summed E-state index contributed by atoms with van der Waals surface area (Å²) >= 11 is 5.89. The second kappa shape index (κ2) is 7.81. The number of ketones is 1. The third-order valence-electron chi connectivity index (χ3n) is 4.70. The lowest BCUT2D eigenvalue weighted by Crippen LogP contribution is -2.44. The van der Waals surface area contributed by atoms with Crippen LogP contribution in [0.3, 0.4) is 0 Å². The minimum atomic E-state index is -0.161. The molecule has 130 valence electrons. The Morgan fingerprint density at radius 1 is 1.00 bits per heavy atom. The van der Waals surface area contributed by atoms with E-state index in [1.54, 1.807) is 48.5 Å². The fourth-order valence-electron chi connectivity index (χ4n) is 3.17. The van der Waals surface area contributed by atoms with Crippen LogP contribution in [0.15, 0.2) is 48.5 Å². The number of nitrogens with zero attached hydrogens (tertiary/aromatic N) is 1. The van der Waals surface area contributed by atoms with Gasteiger partial charge in [0.15, 0.2) is 5.78 Å². The Hall–Kier alpha value is -2.17. The van der Waals surface area contributed by atoms with Crippen LogP contribution in [0.25, 0.3) is 0 Å². The van der Waals surface area contributed by atoms with Gasteiger partial charge >= 0.3 is 0 Å². The number of piperidine rings is 1. The van der Waals surface area contributed by atoms with Gasteiger partial charge in [-0.2, -0.15) is 0 Å². The molecular formula is C20H21ClN2O2. The molecule has 1 saturated heterocycles. The predicted octanol–water partition coefficient (Wildman–Crippen LogP) is 3.40. The monoisotopic (exact) mass is 356 g/mol. The Morgan fingerprint density at radius 2 is 1.60 bits per heavy atom. The van der Waals surface area contributed by atoms with E-state index in [1.807, 2.05) is 11.9 Å². The summed E-state index contributed by atoms with van der Waals surface area (Å²) in [5, 5.41) is 3.83. The topological polar surface area (TPSA) is 49.4 Å². The number of nitrogens with one attached hydrogen (secondary N) is 1. The van der Waals surface area contributed by atoms with Crippen molar-refractivity contribution in [3.8, 4) is 0 Å². The van der Waals surface area contributed by atoms with Gasteiger partial charge in [0, 0.05) is 35.3 Å². The molecule has 0 atom stereocenters. The van der Waals surface area contributed by atoms with Crippen LogP contribution in [0.4, 0.5) is 0 Å². The minimum absolute atomic E-state index is 0.0764. The van der Waals surface area contributed by atoms with Gasteiger partial charge in [0.1, 0.15) is 0 Å². The third kappa shape index (κ3) is 3.91. The summed E-state index contributed by atoms with van der Waals surface area (Å²) in [6.45, 7) is 1.40. The number of hydrogen-bond donors (Lipinski definition) is 1. The quantitative estimate of drug-likeness (QED) is 0.854. The minimum Gasteiger partial charge on any atom is -0.339 e. The van der Waals surface area contributed by atoms with Crippen molar-refractivity contribution in [1.82, 2.24) is 10.2 Å². The maximum Gasteiger partial charge on any atom is 0.254 e. The van der Waals surface area contributed by atoms with Crippen LogP contribution in [0.1, 0.15) is 39.1 Å². The van der Waals surface area contributed by atoms with E-state index in [9.17, 15) is 9.59 Å². The summed E-state index contributed by atoms with van der Waals surface area (Å²) in [4.78, 5) is 27.6. The summed E-state index contributed by atoms with van der Waals surface area (Å²) in [5.41, 5.74) is 1.43. The largest absolute Gasteiger partial charge is 0.339 e. The number of benzene rings is 2. The number of amides is 1. The number of rotatable bonds is 4. The second-order valence-electron chi connectivity index (χ2n) is 6.24. The average Bonchev–Trinajstić information content (AvgIpc) is 2.67. The standard InChI is InChI=1S/C20H21ClN2O2/c1-22-16-10-12-23(13-11-16)20(25)18-5-3-2-4-17(18)19(24)14-6-8-15(21)9-7-14/h2-9,16,22H,10-13H2,1H3. The van der Waals surface area contributed by atoms with Crippen LogP contribution in [0.5, 0.6) is 0 Å². The highest BCUT2D eigenvalue weighted by molar-refractivity contribution is 6.30. The number of carbonyl (C=O) groups is 2. The Morgan fingerprint density at radius 3 is 2.20 bits per heavy atom. The van der Waals surface area contributed by atoms with Crippen molar-refractivity contribution >= 4 is 23.3 Å². The van der Waals surface area contributed by atoms with Crippen molar-refractivity contribution in [2.24, 2.45) is 0 Å². The molecule has 0 aromatic heterocycles. The van der Waals surface area contributed by atoms with Gasteiger partial charge in [-0.1, -0.05) is 29.8 Å². The molecule has 0 unspecified atom stereocenters. The van der Waals surface area contributed by atoms with Crippen LogP contribution in [0, 0.1) is 0 Å². The molecule has 0 saturated carbocycles. The Balaban J connectivity index is 1.84. The first-order valence-electron chi connectivity index (χ1n) is 8.46. The lowest BCUT2D eigenvalue weighted by molar-refractivity contribution is 0.0703. The first-order chi connectivity index (χ1) is 12.1. The van der Waals surface area contributed by atoms with E-state index in [-0.39, 0.29) is 11.7 Å². The Labute approximate surface area is 152 Å². The van der Waals surface area contributed by atoms with E-state index >= 15 is 0 Å². The molecule has 0 aliphatic carbocycles. The molecule has 1 heterocycles. The normalized spacial score (nSPS) is 15.2. The average molecular weight is 357 g/mol. The van der Waals surface area contributed by atoms with Crippen LogP contribution in [-0.4, -0.2) is 42.8 Å². The molecule has 0 bridgehead atoms. The fraction of sp³-hybridized carbons (Fsp3) is 0.300. The molecule has 1 fully saturated rings. The fourth-order valence-corrected chi connectivity index (χ4v) is 3.29. The molecule has 1 aliphatic heterocycles. The SMILES string of the molecule is CNC1CCN(C(=O)c2ccccc2C(=O)c2ccc(Cl)cc2)CC1. The highest BCUT2D eigenvalue weighted by Gasteiger charge is 2.26. The van der Waals surface area contributed by atoms with Crippen molar-refractivity contribution in [1.29, 1.82) is 0 Å². The lowest BCUT2D eigenvalue weighted by Gasteiger charge is -2.32. The maximum atomic E-state index is 12.9. The van der Waals surface area contributed by atoms with Crippen molar-refractivity contribution in [2.45, 2.75) is 18.9 Å². The van der Waals surface area contributed by atoms with E-state index in [0.29, 0.717) is 40.8 Å². The van der Waals surface area contributed by atoms with Gasteiger partial charge < -0.3 is 10.2 Å². The van der Waals surface area contributed by atoms with Gasteiger partial charge in [-0.15, -0.1) is 0 Å². The van der Waals surface area contributed by atoms with Crippen molar-refractivity contribution in [3.05, 3.63) is 70.2 Å². The van der Waals surface area contributed by atoms with E-state index in [1.165, 1.54) is 0 Å². The second-order valence-corrected chi connectivity index (χ2v) is 6.67. The molecule has 25 heavy (non-hydrogen) atoms. The molecule has 0 spiro atoms. The van der Waals surface area contributed by atoms with Crippen LogP contribution in [-0.2, 0) is 0 Å². The van der Waals surface area contributed by atoms with E-state index in [0.717, 1.165) is 12.8 Å². The van der Waals surface area contributed by atoms with E-state index in [4.69, 9.17) is 11.6 Å². The molecule has 5 heteroatoms. The summed E-state index contributed by atoms with van der Waals surface area (Å²) in [6, 6.07) is 14.2. The maximum absolute atomic E-state index is 12.9. The highest BCUT2D eigenvalue weighted by atomic mass is 35.5. The molecular weight excluding hydrogens is 336 g/mol. The Kier molecular flexibility index (Phi) is 5.51. The van der Waals surface area contributed by atoms with Crippen LogP contribution in [0.2, 0.25) is 5.02 Å². The molecule has 3 rings (SSSR count). The first-order valence-corrected chi connectivity index (χ1v) is 8.84. The molecule has 2 aromatic carbocycles. The van der Waals surface area contributed by atoms with Crippen molar-refractivity contribution < 1.29 is 9.59 Å². The van der Waals surface area contributed by atoms with Gasteiger partial charge in [0.05, 0.1) is 5.56 Å². The van der Waals surface area contributed by atoms with Crippen LogP contribution < -0.4 is 5.32 Å². The van der Waals surface area contributed by atoms with Crippen molar-refractivity contribution in [3.63, 3.8) is 0 Å². The highest BCUT2D eigenvalue weighted by Crippen LogP contribution is 2.20. The van der Waals surface area contributed by atoms with Gasteiger partial charge in [0.2, 0.25) is 0 Å². The molecule has 1 N–H and O–H groups in total. The molecule has 0 radical (unpaired) electrons. The van der Waals surface area contributed by atoms with Gasteiger partial charge in [-0.3, -0.25) is 9.59 Å². The van der Waals surface area contributed by atoms with Gasteiger partial charge in [-0.25, -0.2) is 0 Å². The lowest BCUT2D eigenvalue weighted by atomic mass is 9.96. The molecule has 2 aromatic rings. The molecule has 1 aliphatic rings. The van der Waals surface area contributed by atoms with Gasteiger partial charge in [0.25, 0.3) is 5.91 Å². The summed E-state index contributed by atoms with van der Waals surface area (Å²) < 4.78 is 0. The predicted molar refractivity (Wildman–Crippen MR) is 99.3 cm³/mol. The number of halogens is 1. The zero-order valence-corrected chi connectivity index (χ0v) is 14.9. The van der Waals surface area contributed by atoms with Crippen molar-refractivity contribution in [2.75, 3.05) is 20.1 Å². The van der Waals surface area contributed by atoms with Gasteiger partial charge in [-0.05, 0) is 50.2 Å². The number of carbonyl (C=O) groups excluding carboxylic acids is 2. The zero-order chi connectivity index (χ0) is 17.8. The summed E-state index contributed by atoms with van der Waals surface area (Å²) in [7, 11) is 1.95. The number of hydrogen-bond acceptors (Lipinski definition) is 3. The smallest absolute Gasteiger partial charge is 0.254 e. The molecule has 1 amide bonds. The summed E-state index contributed by atoms with van der Waals surface area (Å²) in [5.74, 6) is -0.238. The van der Waals surface area contributed by atoms with Crippen LogP contribution >= 0.6 is 11.6 Å². The Bertz CT molecular complexity index is 766. The van der Waals surface area contributed by atoms with E-state index in [2.05, 4.69) is 5.32 Å². The third-order valence-corrected chi connectivity index (χ3v) is 4.95. The summed E-state index contributed by atoms with van der Waals surface area (Å²) in [6.07, 6.45) is 1.85. The first kappa shape index (κ1) is 17.6.